The second-order valence-electron chi connectivity index (χ2n) is 6.70. The monoisotopic (exact) mass is 370 g/mol. The predicted molar refractivity (Wildman–Crippen MR) is 102 cm³/mol. The molecule has 1 amide bonds. The van der Waals surface area contributed by atoms with Crippen molar-refractivity contribution in [3.8, 4) is 0 Å². The average Bonchev–Trinajstić information content (AvgIpc) is 2.65. The molecule has 1 saturated heterocycles. The maximum atomic E-state index is 12.5. The molecule has 1 aliphatic rings. The molecule has 1 aliphatic heterocycles. The summed E-state index contributed by atoms with van der Waals surface area (Å²) in [4.78, 5) is 38.7. The molecule has 0 N–H and O–H groups in total. The number of pyridine rings is 1. The van der Waals surface area contributed by atoms with E-state index in [0.29, 0.717) is 26.2 Å². The Morgan fingerprint density at radius 3 is 2.48 bits per heavy atom. The summed E-state index contributed by atoms with van der Waals surface area (Å²) in [5.74, 6) is -0.210. The molecule has 0 atom stereocenters. The van der Waals surface area contributed by atoms with E-state index in [1.165, 1.54) is 16.8 Å². The van der Waals surface area contributed by atoms with Gasteiger partial charge in [0.05, 0.1) is 11.1 Å². The van der Waals surface area contributed by atoms with E-state index in [0.717, 1.165) is 22.9 Å². The molecule has 1 aromatic heterocycles. The molecule has 0 saturated carbocycles. The van der Waals surface area contributed by atoms with E-state index < -0.39 is 10.5 Å². The van der Waals surface area contributed by atoms with Gasteiger partial charge in [0.25, 0.3) is 11.2 Å². The minimum absolute atomic E-state index is 0.190. The summed E-state index contributed by atoms with van der Waals surface area (Å²) in [5, 5.41) is 10.9. The molecule has 2 aromatic rings. The number of hydrogen-bond donors (Lipinski definition) is 0. The molecule has 3 rings (SSSR count). The molecule has 1 fully saturated rings. The number of piperazine rings is 1. The van der Waals surface area contributed by atoms with Gasteiger partial charge < -0.3 is 9.80 Å². The lowest BCUT2D eigenvalue weighted by Crippen LogP contribution is -2.50. The van der Waals surface area contributed by atoms with Crippen LogP contribution in [0.15, 0.2) is 41.3 Å². The summed E-state index contributed by atoms with van der Waals surface area (Å²) in [6.45, 7) is 6.50. The number of carbonyl (C=O) groups excluding carboxylic acids is 1. The first-order chi connectivity index (χ1) is 12.9. The zero-order valence-electron chi connectivity index (χ0n) is 15.4. The van der Waals surface area contributed by atoms with Crippen molar-refractivity contribution in [2.24, 2.45) is 0 Å². The van der Waals surface area contributed by atoms with Crippen molar-refractivity contribution in [2.45, 2.75) is 20.4 Å². The van der Waals surface area contributed by atoms with Crippen LogP contribution in [0.5, 0.6) is 0 Å². The Morgan fingerprint density at radius 2 is 1.81 bits per heavy atom. The molecule has 0 unspecified atom stereocenters. The molecule has 0 spiro atoms. The second kappa shape index (κ2) is 7.61. The number of aromatic nitrogens is 1. The van der Waals surface area contributed by atoms with Crippen LogP contribution in [0.25, 0.3) is 0 Å². The quantitative estimate of drug-likeness (QED) is 0.604. The highest BCUT2D eigenvalue weighted by Gasteiger charge is 2.23. The van der Waals surface area contributed by atoms with Crippen LogP contribution in [0.4, 0.5) is 11.4 Å². The molecule has 0 aliphatic carbocycles. The van der Waals surface area contributed by atoms with Gasteiger partial charge >= 0.3 is 0 Å². The Bertz CT molecular complexity index is 930. The van der Waals surface area contributed by atoms with Gasteiger partial charge in [-0.05, 0) is 31.0 Å². The molecule has 8 heteroatoms. The van der Waals surface area contributed by atoms with Crippen molar-refractivity contribution in [3.63, 3.8) is 0 Å². The Labute approximate surface area is 156 Å². The van der Waals surface area contributed by atoms with Gasteiger partial charge in [0.15, 0.2) is 0 Å². The summed E-state index contributed by atoms with van der Waals surface area (Å²) in [6, 6.07) is 8.46. The fraction of sp³-hybridized carbons (Fsp3) is 0.368. The fourth-order valence-corrected chi connectivity index (χ4v) is 3.27. The van der Waals surface area contributed by atoms with Crippen LogP contribution in [-0.4, -0.2) is 46.5 Å². The van der Waals surface area contributed by atoms with E-state index in [1.54, 1.807) is 4.90 Å². The lowest BCUT2D eigenvalue weighted by molar-refractivity contribution is -0.385. The zero-order chi connectivity index (χ0) is 19.6. The Hall–Kier alpha value is -3.16. The van der Waals surface area contributed by atoms with Crippen LogP contribution in [0.1, 0.15) is 11.1 Å². The van der Waals surface area contributed by atoms with E-state index in [1.807, 2.05) is 6.07 Å². The zero-order valence-corrected chi connectivity index (χ0v) is 15.4. The first-order valence-corrected chi connectivity index (χ1v) is 8.80. The van der Waals surface area contributed by atoms with Crippen LogP contribution >= 0.6 is 0 Å². The minimum atomic E-state index is -0.580. The Kier molecular flexibility index (Phi) is 5.25. The highest BCUT2D eigenvalue weighted by atomic mass is 16.6. The molecule has 0 bridgehead atoms. The summed E-state index contributed by atoms with van der Waals surface area (Å²) in [5.41, 5.74) is 3.01. The lowest BCUT2D eigenvalue weighted by atomic mass is 10.1. The lowest BCUT2D eigenvalue weighted by Gasteiger charge is -2.37. The minimum Gasteiger partial charge on any atom is -0.368 e. The standard InChI is InChI=1S/C19H22N4O4/c1-14-4-3-5-17(15(14)2)20-8-10-21(11-9-20)19(25)13-22-12-16(23(26)27)6-7-18(22)24/h3-7,12H,8-11,13H2,1-2H3. The van der Waals surface area contributed by atoms with Gasteiger partial charge in [-0.25, -0.2) is 0 Å². The van der Waals surface area contributed by atoms with Crippen LogP contribution in [-0.2, 0) is 11.3 Å². The number of amides is 1. The van der Waals surface area contributed by atoms with Crippen LogP contribution < -0.4 is 10.5 Å². The molecule has 27 heavy (non-hydrogen) atoms. The maximum absolute atomic E-state index is 12.5. The van der Waals surface area contributed by atoms with Gasteiger partial charge in [0, 0.05) is 44.0 Å². The number of nitrogens with zero attached hydrogens (tertiary/aromatic N) is 4. The summed E-state index contributed by atoms with van der Waals surface area (Å²) in [6.07, 6.45) is 1.12. The van der Waals surface area contributed by atoms with Crippen molar-refractivity contribution >= 4 is 17.3 Å². The number of nitro groups is 1. The third-order valence-corrected chi connectivity index (χ3v) is 5.03. The fourth-order valence-electron chi connectivity index (χ4n) is 3.27. The number of carbonyl (C=O) groups is 1. The number of aryl methyl sites for hydroxylation is 1. The number of benzene rings is 1. The predicted octanol–water partition coefficient (Wildman–Crippen LogP) is 1.72. The van der Waals surface area contributed by atoms with Crippen molar-refractivity contribution < 1.29 is 9.72 Å². The normalized spacial score (nSPS) is 14.3. The summed E-state index contributed by atoms with van der Waals surface area (Å²) < 4.78 is 1.09. The van der Waals surface area contributed by atoms with E-state index in [4.69, 9.17) is 0 Å². The van der Waals surface area contributed by atoms with Crippen molar-refractivity contribution in [1.82, 2.24) is 9.47 Å². The summed E-state index contributed by atoms with van der Waals surface area (Å²) >= 11 is 0. The van der Waals surface area contributed by atoms with Crippen LogP contribution in [0, 0.1) is 24.0 Å². The second-order valence-corrected chi connectivity index (χ2v) is 6.70. The number of anilines is 1. The first-order valence-electron chi connectivity index (χ1n) is 8.80. The Balaban J connectivity index is 1.65. The van der Waals surface area contributed by atoms with E-state index in [-0.39, 0.29) is 18.1 Å². The molecule has 8 nitrogen and oxygen atoms in total. The van der Waals surface area contributed by atoms with Crippen LogP contribution in [0.2, 0.25) is 0 Å². The average molecular weight is 370 g/mol. The number of hydrogen-bond acceptors (Lipinski definition) is 5. The van der Waals surface area contributed by atoms with Gasteiger partial charge in [-0.2, -0.15) is 0 Å². The molecule has 142 valence electrons. The van der Waals surface area contributed by atoms with Gasteiger partial charge in [-0.1, -0.05) is 12.1 Å². The van der Waals surface area contributed by atoms with E-state index >= 15 is 0 Å². The van der Waals surface area contributed by atoms with Gasteiger partial charge in [0.1, 0.15) is 6.54 Å². The van der Waals surface area contributed by atoms with Gasteiger partial charge in [-0.15, -0.1) is 0 Å². The molecule has 2 heterocycles. The largest absolute Gasteiger partial charge is 0.368 e. The molecular formula is C19H22N4O4. The smallest absolute Gasteiger partial charge is 0.285 e. The SMILES string of the molecule is Cc1cccc(N2CCN(C(=O)Cn3cc([N+](=O)[O-])ccc3=O)CC2)c1C. The topological polar surface area (TPSA) is 88.7 Å². The van der Waals surface area contributed by atoms with E-state index in [2.05, 4.69) is 30.9 Å². The molecular weight excluding hydrogens is 348 g/mol. The van der Waals surface area contributed by atoms with Crippen molar-refractivity contribution in [2.75, 3.05) is 31.1 Å². The first kappa shape index (κ1) is 18.6. The maximum Gasteiger partial charge on any atom is 0.285 e. The highest BCUT2D eigenvalue weighted by Crippen LogP contribution is 2.23. The Morgan fingerprint density at radius 1 is 1.11 bits per heavy atom. The summed E-state index contributed by atoms with van der Waals surface area (Å²) in [7, 11) is 0. The third-order valence-electron chi connectivity index (χ3n) is 5.03. The van der Waals surface area contributed by atoms with Crippen LogP contribution in [0.3, 0.4) is 0 Å². The third kappa shape index (κ3) is 3.99. The van der Waals surface area contributed by atoms with Crippen molar-refractivity contribution in [1.29, 1.82) is 0 Å². The van der Waals surface area contributed by atoms with Gasteiger partial charge in [-0.3, -0.25) is 24.3 Å². The highest BCUT2D eigenvalue weighted by molar-refractivity contribution is 5.76. The van der Waals surface area contributed by atoms with Gasteiger partial charge in [0.2, 0.25) is 5.91 Å². The number of rotatable bonds is 4. The molecule has 1 aromatic carbocycles. The van der Waals surface area contributed by atoms with E-state index in [9.17, 15) is 19.7 Å². The molecule has 0 radical (unpaired) electrons. The van der Waals surface area contributed by atoms with Crippen molar-refractivity contribution in [3.05, 3.63) is 68.1 Å².